The second-order valence-electron chi connectivity index (χ2n) is 4.28. The predicted octanol–water partition coefficient (Wildman–Crippen LogP) is 1.40. The third kappa shape index (κ3) is 3.29. The normalized spacial score (nSPS) is 12.2. The van der Waals surface area contributed by atoms with Crippen LogP contribution in [0.25, 0.3) is 0 Å². The molecule has 8 heteroatoms. The molecule has 1 aromatic heterocycles. The first-order valence-electron chi connectivity index (χ1n) is 6.44. The van der Waals surface area contributed by atoms with Crippen molar-refractivity contribution in [2.24, 2.45) is 0 Å². The fourth-order valence-electron chi connectivity index (χ4n) is 1.83. The zero-order valence-corrected chi connectivity index (χ0v) is 11.5. The van der Waals surface area contributed by atoms with Crippen LogP contribution in [0.1, 0.15) is 0 Å². The molecule has 1 aliphatic rings. The van der Waals surface area contributed by atoms with E-state index >= 15 is 0 Å². The van der Waals surface area contributed by atoms with Crippen LogP contribution in [0.4, 0.5) is 17.5 Å². The van der Waals surface area contributed by atoms with Crippen LogP contribution in [0.5, 0.6) is 11.5 Å². The van der Waals surface area contributed by atoms with Crippen LogP contribution < -0.4 is 20.1 Å². The van der Waals surface area contributed by atoms with E-state index in [1.165, 1.54) is 0 Å². The highest BCUT2D eigenvalue weighted by molar-refractivity contribution is 5.60. The van der Waals surface area contributed by atoms with E-state index in [-0.39, 0.29) is 6.79 Å². The number of hydrogen-bond acceptors (Lipinski definition) is 8. The molecule has 0 saturated heterocycles. The van der Waals surface area contributed by atoms with Gasteiger partial charge in [0, 0.05) is 25.4 Å². The van der Waals surface area contributed by atoms with E-state index in [1.54, 1.807) is 13.3 Å². The van der Waals surface area contributed by atoms with Crippen molar-refractivity contribution in [1.29, 1.82) is 0 Å². The Morgan fingerprint density at radius 3 is 3.10 bits per heavy atom. The van der Waals surface area contributed by atoms with E-state index in [4.69, 9.17) is 14.2 Å². The second kappa shape index (κ2) is 6.23. The van der Waals surface area contributed by atoms with Crippen LogP contribution in [-0.4, -0.2) is 42.2 Å². The molecule has 0 atom stereocenters. The average Bonchev–Trinajstić information content (AvgIpc) is 2.95. The first kappa shape index (κ1) is 13.4. The number of rotatable bonds is 6. The van der Waals surface area contributed by atoms with Gasteiger partial charge in [0.1, 0.15) is 0 Å². The molecular weight excluding hydrogens is 274 g/mol. The highest BCUT2D eigenvalue weighted by Crippen LogP contribution is 2.34. The number of hydrogen-bond donors (Lipinski definition) is 2. The molecule has 0 unspecified atom stereocenters. The molecule has 8 nitrogen and oxygen atoms in total. The molecule has 0 spiro atoms. The quantitative estimate of drug-likeness (QED) is 0.771. The maximum Gasteiger partial charge on any atom is 0.249 e. The summed E-state index contributed by atoms with van der Waals surface area (Å²) in [7, 11) is 1.65. The van der Waals surface area contributed by atoms with Gasteiger partial charge in [0.15, 0.2) is 17.3 Å². The van der Waals surface area contributed by atoms with Crippen molar-refractivity contribution >= 4 is 17.5 Å². The highest BCUT2D eigenvalue weighted by Gasteiger charge is 2.13. The number of benzene rings is 1. The minimum atomic E-state index is 0.246. The summed E-state index contributed by atoms with van der Waals surface area (Å²) in [6.45, 7) is 1.49. The maximum atomic E-state index is 5.32. The van der Waals surface area contributed by atoms with Gasteiger partial charge >= 0.3 is 0 Å². The van der Waals surface area contributed by atoms with Crippen LogP contribution in [0.3, 0.4) is 0 Å². The molecule has 1 aliphatic heterocycles. The summed E-state index contributed by atoms with van der Waals surface area (Å²) in [6, 6.07) is 5.53. The number of nitrogens with one attached hydrogen (secondary N) is 2. The van der Waals surface area contributed by atoms with Crippen LogP contribution >= 0.6 is 0 Å². The lowest BCUT2D eigenvalue weighted by molar-refractivity contribution is 0.174. The smallest absolute Gasteiger partial charge is 0.249 e. The molecule has 21 heavy (non-hydrogen) atoms. The van der Waals surface area contributed by atoms with Crippen molar-refractivity contribution in [1.82, 2.24) is 15.2 Å². The van der Waals surface area contributed by atoms with Gasteiger partial charge in [0.25, 0.3) is 0 Å². The Morgan fingerprint density at radius 1 is 1.29 bits per heavy atom. The molecule has 0 fully saturated rings. The van der Waals surface area contributed by atoms with Crippen LogP contribution in [-0.2, 0) is 4.74 Å². The number of ether oxygens (including phenoxy) is 3. The molecule has 0 saturated carbocycles. The van der Waals surface area contributed by atoms with Crippen molar-refractivity contribution in [2.45, 2.75) is 0 Å². The Bertz CT molecular complexity index is 623. The van der Waals surface area contributed by atoms with E-state index < -0.39 is 0 Å². The third-order valence-electron chi connectivity index (χ3n) is 2.80. The van der Waals surface area contributed by atoms with Gasteiger partial charge in [-0.25, -0.2) is 0 Å². The number of anilines is 3. The van der Waals surface area contributed by atoms with E-state index in [0.29, 0.717) is 30.7 Å². The molecule has 2 heterocycles. The van der Waals surface area contributed by atoms with Crippen molar-refractivity contribution in [3.8, 4) is 11.5 Å². The Labute approximate surface area is 121 Å². The summed E-state index contributed by atoms with van der Waals surface area (Å²) < 4.78 is 15.5. The molecule has 0 bridgehead atoms. The zero-order valence-electron chi connectivity index (χ0n) is 11.5. The van der Waals surface area contributed by atoms with Crippen LogP contribution in [0.2, 0.25) is 0 Å². The summed E-state index contributed by atoms with van der Waals surface area (Å²) in [4.78, 5) is 4.31. The van der Waals surface area contributed by atoms with Gasteiger partial charge in [0.2, 0.25) is 12.7 Å². The van der Waals surface area contributed by atoms with Crippen molar-refractivity contribution in [3.63, 3.8) is 0 Å². The topological polar surface area (TPSA) is 90.4 Å². The predicted molar refractivity (Wildman–Crippen MR) is 76.0 cm³/mol. The minimum Gasteiger partial charge on any atom is -0.454 e. The molecular formula is C13H15N5O3. The molecule has 1 aromatic carbocycles. The summed E-state index contributed by atoms with van der Waals surface area (Å²) >= 11 is 0. The maximum absolute atomic E-state index is 5.32. The molecule has 0 amide bonds. The fourth-order valence-corrected chi connectivity index (χ4v) is 1.83. The molecule has 2 N–H and O–H groups in total. The standard InChI is InChI=1S/C13H15N5O3/c1-19-5-4-14-12-7-15-18-13(17-12)16-9-2-3-10-11(6-9)21-8-20-10/h2-3,6-7H,4-5,8H2,1H3,(H2,14,16,17,18). The molecule has 0 radical (unpaired) electrons. The average molecular weight is 289 g/mol. The molecule has 0 aliphatic carbocycles. The SMILES string of the molecule is COCCNc1cnnc(Nc2ccc3c(c2)OCO3)n1. The van der Waals surface area contributed by atoms with E-state index in [2.05, 4.69) is 25.8 Å². The van der Waals surface area contributed by atoms with Gasteiger partial charge in [0.05, 0.1) is 12.8 Å². The Hall–Kier alpha value is -2.61. The van der Waals surface area contributed by atoms with Gasteiger partial charge in [-0.05, 0) is 12.1 Å². The first-order valence-corrected chi connectivity index (χ1v) is 6.44. The van der Waals surface area contributed by atoms with Gasteiger partial charge in [-0.2, -0.15) is 10.1 Å². The first-order chi connectivity index (χ1) is 10.3. The molecule has 110 valence electrons. The second-order valence-corrected chi connectivity index (χ2v) is 4.28. The summed E-state index contributed by atoms with van der Waals surface area (Å²) in [5, 5.41) is 14.0. The summed E-state index contributed by atoms with van der Waals surface area (Å²) in [5.74, 6) is 2.46. The van der Waals surface area contributed by atoms with Crippen LogP contribution in [0.15, 0.2) is 24.4 Å². The third-order valence-corrected chi connectivity index (χ3v) is 2.80. The highest BCUT2D eigenvalue weighted by atomic mass is 16.7. The number of methoxy groups -OCH3 is 1. The Morgan fingerprint density at radius 2 is 2.19 bits per heavy atom. The van der Waals surface area contributed by atoms with Gasteiger partial charge < -0.3 is 24.8 Å². The van der Waals surface area contributed by atoms with Gasteiger partial charge in [-0.1, -0.05) is 0 Å². The van der Waals surface area contributed by atoms with E-state index in [0.717, 1.165) is 11.4 Å². The van der Waals surface area contributed by atoms with Crippen LogP contribution in [0, 0.1) is 0 Å². The van der Waals surface area contributed by atoms with Gasteiger partial charge in [-0.3, -0.25) is 0 Å². The Kier molecular flexibility index (Phi) is 3.97. The van der Waals surface area contributed by atoms with Crippen molar-refractivity contribution in [3.05, 3.63) is 24.4 Å². The molecule has 3 rings (SSSR count). The lowest BCUT2D eigenvalue weighted by atomic mass is 10.3. The van der Waals surface area contributed by atoms with Gasteiger partial charge in [-0.15, -0.1) is 5.10 Å². The minimum absolute atomic E-state index is 0.246. The number of aromatic nitrogens is 3. The molecule has 2 aromatic rings. The summed E-state index contributed by atoms with van der Waals surface area (Å²) in [6.07, 6.45) is 1.56. The summed E-state index contributed by atoms with van der Waals surface area (Å²) in [5.41, 5.74) is 0.801. The monoisotopic (exact) mass is 289 g/mol. The Balaban J connectivity index is 1.68. The fraction of sp³-hybridized carbons (Fsp3) is 0.308. The van der Waals surface area contributed by atoms with Crippen molar-refractivity contribution in [2.75, 3.05) is 37.7 Å². The largest absolute Gasteiger partial charge is 0.454 e. The lowest BCUT2D eigenvalue weighted by Crippen LogP contribution is -2.10. The van der Waals surface area contributed by atoms with Crippen molar-refractivity contribution < 1.29 is 14.2 Å². The van der Waals surface area contributed by atoms with E-state index in [9.17, 15) is 0 Å². The zero-order chi connectivity index (χ0) is 14.5. The number of fused-ring (bicyclic) bond motifs is 1. The number of nitrogens with zero attached hydrogens (tertiary/aromatic N) is 3. The van der Waals surface area contributed by atoms with E-state index in [1.807, 2.05) is 18.2 Å². The lowest BCUT2D eigenvalue weighted by Gasteiger charge is -2.07.